The highest BCUT2D eigenvalue weighted by Gasteiger charge is 2.19. The molecule has 1 N–H and O–H groups in total. The first-order valence-corrected chi connectivity index (χ1v) is 8.01. The van der Waals surface area contributed by atoms with Gasteiger partial charge >= 0.3 is 0 Å². The van der Waals surface area contributed by atoms with Gasteiger partial charge in [0.15, 0.2) is 0 Å². The van der Waals surface area contributed by atoms with E-state index in [4.69, 9.17) is 9.26 Å². The number of nitrogens with one attached hydrogen (secondary N) is 1. The second-order valence-corrected chi connectivity index (χ2v) is 5.46. The van der Waals surface area contributed by atoms with Gasteiger partial charge in [-0.15, -0.1) is 0 Å². The molecule has 1 aromatic rings. The van der Waals surface area contributed by atoms with E-state index in [0.717, 1.165) is 38.1 Å². The first kappa shape index (κ1) is 15.4. The molecule has 1 aliphatic heterocycles. The van der Waals surface area contributed by atoms with Crippen molar-refractivity contribution in [2.45, 2.75) is 70.9 Å². The van der Waals surface area contributed by atoms with Crippen LogP contribution in [0.25, 0.3) is 0 Å². The van der Waals surface area contributed by atoms with E-state index in [1.54, 1.807) is 0 Å². The van der Waals surface area contributed by atoms with Gasteiger partial charge in [0.25, 0.3) is 0 Å². The van der Waals surface area contributed by atoms with Crippen molar-refractivity contribution in [3.8, 4) is 0 Å². The Morgan fingerprint density at radius 2 is 2.30 bits per heavy atom. The molecule has 0 saturated carbocycles. The second kappa shape index (κ2) is 8.37. The molecule has 5 heteroatoms. The van der Waals surface area contributed by atoms with Crippen molar-refractivity contribution in [3.05, 3.63) is 11.7 Å². The van der Waals surface area contributed by atoms with E-state index in [-0.39, 0.29) is 6.10 Å². The summed E-state index contributed by atoms with van der Waals surface area (Å²) in [5, 5.41) is 7.63. The topological polar surface area (TPSA) is 60.2 Å². The summed E-state index contributed by atoms with van der Waals surface area (Å²) < 4.78 is 11.0. The largest absolute Gasteiger partial charge is 0.370 e. The third-order valence-corrected chi connectivity index (χ3v) is 3.81. The average Bonchev–Trinajstić information content (AvgIpc) is 2.95. The van der Waals surface area contributed by atoms with Gasteiger partial charge < -0.3 is 14.6 Å². The molecule has 0 aromatic carbocycles. The molecule has 2 atom stereocenters. The summed E-state index contributed by atoms with van der Waals surface area (Å²) in [5.74, 6) is 1.45. The molecule has 0 aliphatic carbocycles. The van der Waals surface area contributed by atoms with Crippen molar-refractivity contribution in [1.29, 1.82) is 0 Å². The van der Waals surface area contributed by atoms with Crippen LogP contribution in [0.1, 0.15) is 70.2 Å². The normalized spacial score (nSPS) is 21.0. The monoisotopic (exact) mass is 281 g/mol. The first-order chi connectivity index (χ1) is 9.83. The smallest absolute Gasteiger partial charge is 0.226 e. The van der Waals surface area contributed by atoms with Gasteiger partial charge in [-0.25, -0.2) is 0 Å². The number of aromatic nitrogens is 2. The molecule has 20 heavy (non-hydrogen) atoms. The van der Waals surface area contributed by atoms with Crippen LogP contribution >= 0.6 is 0 Å². The van der Waals surface area contributed by atoms with Gasteiger partial charge in [-0.2, -0.15) is 4.98 Å². The molecule has 1 aromatic heterocycles. The molecule has 2 rings (SSSR count). The minimum atomic E-state index is -0.0182. The zero-order valence-electron chi connectivity index (χ0n) is 12.7. The molecule has 1 aliphatic rings. The maximum Gasteiger partial charge on any atom is 0.226 e. The second-order valence-electron chi connectivity index (χ2n) is 5.46. The number of nitrogens with zero attached hydrogens (tertiary/aromatic N) is 2. The summed E-state index contributed by atoms with van der Waals surface area (Å²) in [6, 6.07) is 0.609. The number of ether oxygens (including phenoxy) is 1. The number of rotatable bonds is 8. The van der Waals surface area contributed by atoms with Crippen LogP contribution in [0.5, 0.6) is 0 Å². The summed E-state index contributed by atoms with van der Waals surface area (Å²) in [4.78, 5) is 4.50. The third kappa shape index (κ3) is 4.56. The van der Waals surface area contributed by atoms with E-state index in [9.17, 15) is 0 Å². The number of hydrogen-bond donors (Lipinski definition) is 1. The molecule has 114 valence electrons. The Kier molecular flexibility index (Phi) is 6.47. The lowest BCUT2D eigenvalue weighted by Crippen LogP contribution is -2.34. The Balaban J connectivity index is 1.83. The van der Waals surface area contributed by atoms with Crippen LogP contribution in [-0.4, -0.2) is 29.3 Å². The Bertz CT molecular complexity index is 369. The molecule has 0 bridgehead atoms. The quantitative estimate of drug-likeness (QED) is 0.793. The van der Waals surface area contributed by atoms with E-state index in [0.29, 0.717) is 18.5 Å². The Morgan fingerprint density at radius 1 is 1.40 bits per heavy atom. The minimum Gasteiger partial charge on any atom is -0.370 e. The SMILES string of the molecule is CCCC(OCC)c1noc(CCC2CCCCN2)n1. The molecular formula is C15H27N3O2. The summed E-state index contributed by atoms with van der Waals surface area (Å²) in [6.45, 7) is 5.96. The van der Waals surface area contributed by atoms with Crippen molar-refractivity contribution < 1.29 is 9.26 Å². The highest BCUT2D eigenvalue weighted by atomic mass is 16.5. The van der Waals surface area contributed by atoms with E-state index in [1.807, 2.05) is 6.92 Å². The molecule has 1 saturated heterocycles. The Hall–Kier alpha value is -0.940. The fourth-order valence-electron chi connectivity index (χ4n) is 2.72. The number of piperidine rings is 1. The fraction of sp³-hybridized carbons (Fsp3) is 0.867. The van der Waals surface area contributed by atoms with Crippen LogP contribution in [0.3, 0.4) is 0 Å². The van der Waals surface area contributed by atoms with Crippen molar-refractivity contribution in [2.75, 3.05) is 13.2 Å². The lowest BCUT2D eigenvalue weighted by molar-refractivity contribution is 0.0477. The van der Waals surface area contributed by atoms with E-state index in [2.05, 4.69) is 22.4 Å². The fourth-order valence-corrected chi connectivity index (χ4v) is 2.72. The van der Waals surface area contributed by atoms with Gasteiger partial charge in [-0.3, -0.25) is 0 Å². The summed E-state index contributed by atoms with van der Waals surface area (Å²) in [6.07, 6.45) is 7.81. The molecular weight excluding hydrogens is 254 g/mol. The van der Waals surface area contributed by atoms with E-state index in [1.165, 1.54) is 19.3 Å². The number of hydrogen-bond acceptors (Lipinski definition) is 5. The predicted molar refractivity (Wildman–Crippen MR) is 77.5 cm³/mol. The van der Waals surface area contributed by atoms with Crippen molar-refractivity contribution in [2.24, 2.45) is 0 Å². The molecule has 2 unspecified atom stereocenters. The van der Waals surface area contributed by atoms with E-state index < -0.39 is 0 Å². The molecule has 0 amide bonds. The van der Waals surface area contributed by atoms with Gasteiger partial charge in [0.05, 0.1) is 0 Å². The zero-order valence-corrected chi connectivity index (χ0v) is 12.7. The highest BCUT2D eigenvalue weighted by molar-refractivity contribution is 4.92. The first-order valence-electron chi connectivity index (χ1n) is 8.01. The lowest BCUT2D eigenvalue weighted by Gasteiger charge is -2.22. The minimum absolute atomic E-state index is 0.0182. The van der Waals surface area contributed by atoms with Crippen LogP contribution in [0.2, 0.25) is 0 Å². The van der Waals surface area contributed by atoms with Crippen LogP contribution in [-0.2, 0) is 11.2 Å². The van der Waals surface area contributed by atoms with Crippen LogP contribution < -0.4 is 5.32 Å². The standard InChI is InChI=1S/C15H27N3O2/c1-3-7-13(19-4-2)15-17-14(20-18-15)10-9-12-8-5-6-11-16-12/h12-13,16H,3-11H2,1-2H3. The van der Waals surface area contributed by atoms with Gasteiger partial charge in [-0.1, -0.05) is 24.9 Å². The van der Waals surface area contributed by atoms with Gasteiger partial charge in [0.1, 0.15) is 6.10 Å². The molecule has 0 radical (unpaired) electrons. The molecule has 0 spiro atoms. The maximum absolute atomic E-state index is 5.68. The Labute approximate surface area is 121 Å². The molecule has 2 heterocycles. The molecule has 5 nitrogen and oxygen atoms in total. The van der Waals surface area contributed by atoms with Crippen LogP contribution in [0.15, 0.2) is 4.52 Å². The highest BCUT2D eigenvalue weighted by Crippen LogP contribution is 2.20. The lowest BCUT2D eigenvalue weighted by atomic mass is 10.0. The van der Waals surface area contributed by atoms with Crippen molar-refractivity contribution in [1.82, 2.24) is 15.5 Å². The summed E-state index contributed by atoms with van der Waals surface area (Å²) >= 11 is 0. The van der Waals surface area contributed by atoms with Gasteiger partial charge in [0, 0.05) is 19.1 Å². The summed E-state index contributed by atoms with van der Waals surface area (Å²) in [5.41, 5.74) is 0. The average molecular weight is 281 g/mol. The van der Waals surface area contributed by atoms with E-state index >= 15 is 0 Å². The van der Waals surface area contributed by atoms with Crippen molar-refractivity contribution in [3.63, 3.8) is 0 Å². The van der Waals surface area contributed by atoms with Crippen LogP contribution in [0, 0.1) is 0 Å². The van der Waals surface area contributed by atoms with Gasteiger partial charge in [-0.05, 0) is 39.2 Å². The summed E-state index contributed by atoms with van der Waals surface area (Å²) in [7, 11) is 0. The van der Waals surface area contributed by atoms with Gasteiger partial charge in [0.2, 0.25) is 11.7 Å². The Morgan fingerprint density at radius 3 is 3.00 bits per heavy atom. The maximum atomic E-state index is 5.68. The molecule has 1 fully saturated rings. The third-order valence-electron chi connectivity index (χ3n) is 3.81. The van der Waals surface area contributed by atoms with Crippen LogP contribution in [0.4, 0.5) is 0 Å². The predicted octanol–water partition coefficient (Wildman–Crippen LogP) is 3.02. The number of aryl methyl sites for hydroxylation is 1. The zero-order chi connectivity index (χ0) is 14.2. The van der Waals surface area contributed by atoms with Crippen molar-refractivity contribution >= 4 is 0 Å².